The van der Waals surface area contributed by atoms with Gasteiger partial charge in [0, 0.05) is 5.92 Å². The van der Waals surface area contributed by atoms with E-state index in [0.717, 1.165) is 28.5 Å². The molecule has 2 saturated heterocycles. The minimum Gasteiger partial charge on any atom is -0.503 e. The van der Waals surface area contributed by atoms with Crippen molar-refractivity contribution in [2.24, 2.45) is 29.1 Å². The molecule has 4 aliphatic rings. The van der Waals surface area contributed by atoms with Crippen molar-refractivity contribution < 1.29 is 33.4 Å². The molecule has 0 unspecified atom stereocenters. The molecule has 1 saturated carbocycles. The second-order valence-electron chi connectivity index (χ2n) is 12.8. The van der Waals surface area contributed by atoms with Crippen LogP contribution in [0.4, 0.5) is 15.8 Å². The van der Waals surface area contributed by atoms with E-state index in [1.165, 1.54) is 24.1 Å². The fourth-order valence-corrected chi connectivity index (χ4v) is 8.71. The minimum atomic E-state index is -1.38. The molecule has 242 valence electrons. The van der Waals surface area contributed by atoms with Gasteiger partial charge in [-0.3, -0.25) is 24.1 Å². The van der Waals surface area contributed by atoms with Gasteiger partial charge in [-0.2, -0.15) is 0 Å². The zero-order valence-electron chi connectivity index (χ0n) is 25.8. The lowest BCUT2D eigenvalue weighted by atomic mass is 9.51. The van der Waals surface area contributed by atoms with Crippen LogP contribution in [0.15, 0.2) is 66.2 Å². The molecule has 2 heterocycles. The van der Waals surface area contributed by atoms with Gasteiger partial charge in [0.15, 0.2) is 11.5 Å². The topological polar surface area (TPSA) is 104 Å². The number of allylic oxidation sites excluding steroid dienone is 2. The summed E-state index contributed by atoms with van der Waals surface area (Å²) in [5.41, 5.74) is 1.58. The highest BCUT2D eigenvalue weighted by molar-refractivity contribution is 6.32. The number of methoxy groups -OCH3 is 1. The van der Waals surface area contributed by atoms with Crippen LogP contribution in [0.1, 0.15) is 43.7 Å². The predicted octanol–water partition coefficient (Wildman–Crippen LogP) is 6.84. The number of carbonyl (C=O) groups excluding carboxylic acids is 4. The van der Waals surface area contributed by atoms with E-state index >= 15 is 0 Å². The van der Waals surface area contributed by atoms with E-state index < -0.39 is 52.6 Å². The molecule has 47 heavy (non-hydrogen) atoms. The Bertz CT molecular complexity index is 1910. The van der Waals surface area contributed by atoms with Crippen molar-refractivity contribution in [3.05, 3.63) is 93.2 Å². The smallest absolute Gasteiger partial charge is 0.241 e. The van der Waals surface area contributed by atoms with E-state index in [1.54, 1.807) is 31.2 Å². The number of rotatable bonds is 5. The average molecular weight is 678 g/mol. The molecule has 3 aromatic carbocycles. The summed E-state index contributed by atoms with van der Waals surface area (Å²) in [5.74, 6) is -6.19. The number of hydrogen-bond donors (Lipinski definition) is 1. The first-order chi connectivity index (χ1) is 22.4. The third kappa shape index (κ3) is 4.46. The summed E-state index contributed by atoms with van der Waals surface area (Å²) < 4.78 is 19.5. The van der Waals surface area contributed by atoms with Gasteiger partial charge in [0.05, 0.1) is 51.7 Å². The first-order valence-corrected chi connectivity index (χ1v) is 16.2. The van der Waals surface area contributed by atoms with Crippen LogP contribution in [0.2, 0.25) is 10.0 Å². The molecule has 3 fully saturated rings. The van der Waals surface area contributed by atoms with Crippen LogP contribution in [0, 0.1) is 34.9 Å². The van der Waals surface area contributed by atoms with Crippen molar-refractivity contribution >= 4 is 58.2 Å². The Morgan fingerprint density at radius 1 is 0.915 bits per heavy atom. The minimum absolute atomic E-state index is 0.0105. The molecule has 2 aliphatic carbocycles. The second kappa shape index (κ2) is 11.2. The van der Waals surface area contributed by atoms with E-state index in [4.69, 9.17) is 27.9 Å². The molecule has 6 atom stereocenters. The monoisotopic (exact) mass is 676 g/mol. The molecule has 2 aliphatic heterocycles. The van der Waals surface area contributed by atoms with Gasteiger partial charge in [-0.05, 0) is 85.7 Å². The van der Waals surface area contributed by atoms with Crippen LogP contribution in [-0.2, 0) is 25.6 Å². The van der Waals surface area contributed by atoms with Crippen molar-refractivity contribution in [1.29, 1.82) is 0 Å². The van der Waals surface area contributed by atoms with E-state index in [1.807, 2.05) is 25.1 Å². The number of amides is 4. The molecule has 3 aromatic rings. The van der Waals surface area contributed by atoms with Gasteiger partial charge in [0.25, 0.3) is 0 Å². The Labute approximate surface area is 280 Å². The van der Waals surface area contributed by atoms with Crippen molar-refractivity contribution in [3.8, 4) is 11.5 Å². The number of phenolic OH excluding ortho intramolecular Hbond substituents is 1. The predicted molar refractivity (Wildman–Crippen MR) is 174 cm³/mol. The summed E-state index contributed by atoms with van der Waals surface area (Å²) in [5, 5.41) is 10.3. The molecule has 4 amide bonds. The molecule has 0 spiro atoms. The Hall–Kier alpha value is -4.21. The molecule has 0 aromatic heterocycles. The van der Waals surface area contributed by atoms with E-state index in [0.29, 0.717) is 11.3 Å². The van der Waals surface area contributed by atoms with Crippen molar-refractivity contribution in [1.82, 2.24) is 0 Å². The molecule has 0 bridgehead atoms. The number of halogens is 3. The lowest BCUT2D eigenvalue weighted by molar-refractivity contribution is -0.131. The molecular formula is C36H31Cl2FN2O6. The molecule has 8 nitrogen and oxygen atoms in total. The first kappa shape index (κ1) is 31.4. The normalized spacial score (nSPS) is 28.3. The molecule has 0 radical (unpaired) electrons. The zero-order valence-corrected chi connectivity index (χ0v) is 27.3. The van der Waals surface area contributed by atoms with Crippen LogP contribution in [0.5, 0.6) is 11.5 Å². The number of anilines is 2. The number of hydrogen-bond acceptors (Lipinski definition) is 6. The lowest BCUT2D eigenvalue weighted by Crippen LogP contribution is -2.48. The number of phenols is 1. The number of ether oxygens (including phenoxy) is 1. The highest BCUT2D eigenvalue weighted by Crippen LogP contribution is 2.64. The Kier molecular flexibility index (Phi) is 7.48. The van der Waals surface area contributed by atoms with Crippen LogP contribution in [0.3, 0.4) is 0 Å². The van der Waals surface area contributed by atoms with Gasteiger partial charge >= 0.3 is 0 Å². The zero-order chi connectivity index (χ0) is 33.5. The highest BCUT2D eigenvalue weighted by atomic mass is 35.5. The third-order valence-electron chi connectivity index (χ3n) is 10.6. The van der Waals surface area contributed by atoms with Crippen LogP contribution in [-0.4, -0.2) is 35.8 Å². The maximum atomic E-state index is 14.6. The summed E-state index contributed by atoms with van der Waals surface area (Å²) in [4.78, 5) is 59.3. The average Bonchev–Trinajstić information content (AvgIpc) is 3.43. The molecule has 1 N–H and O–H groups in total. The SMILES string of the molecule is CCc1ccc(N2C(=O)[C@H]3[C@H](CC=C4[C@H]3C[C@H]3C(=O)N(c5ccc(F)c(Cl)c5)C(=O)[C@@]3(C)[C@H]4c3cc(Cl)c(O)c(OC)c3)C2=O)cc1. The van der Waals surface area contributed by atoms with Gasteiger partial charge in [0.2, 0.25) is 23.6 Å². The fraction of sp³-hybridized carbons (Fsp3) is 0.333. The van der Waals surface area contributed by atoms with Gasteiger partial charge in [-0.1, -0.05) is 53.9 Å². The Balaban J connectivity index is 1.38. The largest absolute Gasteiger partial charge is 0.503 e. The number of benzene rings is 3. The molecular weight excluding hydrogens is 646 g/mol. The molecule has 11 heteroatoms. The number of carbonyl (C=O) groups is 4. The third-order valence-corrected chi connectivity index (χ3v) is 11.2. The van der Waals surface area contributed by atoms with Crippen LogP contribution < -0.4 is 14.5 Å². The standard InChI is InChI=1S/C36H31Cl2FN2O6/c1-4-17-5-7-19(8-6-17)40-32(43)22-11-10-21-23(29(22)34(40)45)16-24-33(44)41(20-9-12-27(39)25(37)15-20)35(46)36(24,2)30(21)18-13-26(38)31(42)28(14-18)47-3/h5-10,12-15,22-24,29-30,42H,4,11,16H2,1-3H3/t22-,23+,24-,29-,30-,36+/m0/s1. The summed E-state index contributed by atoms with van der Waals surface area (Å²) in [6.45, 7) is 3.74. The van der Waals surface area contributed by atoms with Crippen molar-refractivity contribution in [2.75, 3.05) is 16.9 Å². The van der Waals surface area contributed by atoms with Crippen LogP contribution >= 0.6 is 23.2 Å². The molecule has 7 rings (SSSR count). The Morgan fingerprint density at radius 2 is 1.62 bits per heavy atom. The number of aryl methyl sites for hydroxylation is 1. The quantitative estimate of drug-likeness (QED) is 0.234. The lowest BCUT2D eigenvalue weighted by Gasteiger charge is -2.49. The van der Waals surface area contributed by atoms with E-state index in [9.17, 15) is 28.7 Å². The second-order valence-corrected chi connectivity index (χ2v) is 13.7. The first-order valence-electron chi connectivity index (χ1n) is 15.5. The van der Waals surface area contributed by atoms with Crippen LogP contribution in [0.25, 0.3) is 0 Å². The Morgan fingerprint density at radius 3 is 2.28 bits per heavy atom. The fourth-order valence-electron chi connectivity index (χ4n) is 8.32. The summed E-state index contributed by atoms with van der Waals surface area (Å²) in [6.07, 6.45) is 3.14. The summed E-state index contributed by atoms with van der Waals surface area (Å²) >= 11 is 12.6. The summed E-state index contributed by atoms with van der Waals surface area (Å²) in [6, 6.07) is 14.1. The highest BCUT2D eigenvalue weighted by Gasteiger charge is 2.67. The van der Waals surface area contributed by atoms with Crippen molar-refractivity contribution in [3.63, 3.8) is 0 Å². The van der Waals surface area contributed by atoms with Gasteiger partial charge in [-0.25, -0.2) is 9.29 Å². The van der Waals surface area contributed by atoms with Gasteiger partial charge < -0.3 is 9.84 Å². The van der Waals surface area contributed by atoms with Gasteiger partial charge in [0.1, 0.15) is 5.82 Å². The number of imide groups is 2. The van der Waals surface area contributed by atoms with Crippen molar-refractivity contribution in [2.45, 2.75) is 39.0 Å². The maximum absolute atomic E-state index is 14.6. The summed E-state index contributed by atoms with van der Waals surface area (Å²) in [7, 11) is 1.38. The van der Waals surface area contributed by atoms with E-state index in [2.05, 4.69) is 0 Å². The number of nitrogens with zero attached hydrogens (tertiary/aromatic N) is 2. The van der Waals surface area contributed by atoms with Gasteiger partial charge in [-0.15, -0.1) is 0 Å². The number of aromatic hydroxyl groups is 1. The number of fused-ring (bicyclic) bond motifs is 4. The van der Waals surface area contributed by atoms with E-state index in [-0.39, 0.29) is 51.9 Å². The maximum Gasteiger partial charge on any atom is 0.241 e.